The lowest BCUT2D eigenvalue weighted by molar-refractivity contribution is -0.138. The maximum atomic E-state index is 11.5. The molecule has 1 heterocycles. The molecule has 0 spiro atoms. The molecule has 1 unspecified atom stereocenters. The second-order valence-electron chi connectivity index (χ2n) is 14.1. The molecule has 2 aliphatic carbocycles. The molecule has 48 heavy (non-hydrogen) atoms. The first-order valence-electron chi connectivity index (χ1n) is 17.2. The van der Waals surface area contributed by atoms with Crippen molar-refractivity contribution in [1.29, 1.82) is 0 Å². The maximum absolute atomic E-state index is 11.5. The summed E-state index contributed by atoms with van der Waals surface area (Å²) in [6.45, 7) is 3.66. The molecule has 5 nitrogen and oxygen atoms in total. The van der Waals surface area contributed by atoms with Crippen molar-refractivity contribution in [2.45, 2.75) is 94.9 Å². The summed E-state index contributed by atoms with van der Waals surface area (Å²) >= 11 is 8.04. The third-order valence-corrected chi connectivity index (χ3v) is 11.4. The summed E-state index contributed by atoms with van der Waals surface area (Å²) in [5, 5.41) is 22.1. The molecule has 254 valence electrons. The number of carbonyl (C=O) groups is 1. The number of rotatable bonds is 12. The topological polar surface area (TPSA) is 96.4 Å². The number of fused-ring (bicyclic) bond motifs is 1. The van der Waals surface area contributed by atoms with Gasteiger partial charge in [-0.1, -0.05) is 97.6 Å². The fraction of sp³-hybridized carbons (Fsp3) is 0.415. The third-order valence-electron chi connectivity index (χ3n) is 9.48. The molecule has 1 aromatic heterocycles. The van der Waals surface area contributed by atoms with E-state index in [0.29, 0.717) is 11.1 Å². The minimum Gasteiger partial charge on any atom is -0.481 e. The largest absolute Gasteiger partial charge is 0.481 e. The van der Waals surface area contributed by atoms with E-state index in [-0.39, 0.29) is 17.1 Å². The number of aromatic nitrogens is 1. The molecule has 4 aromatic rings. The van der Waals surface area contributed by atoms with Crippen molar-refractivity contribution in [2.75, 3.05) is 5.75 Å². The molecule has 4 N–H and O–H groups in total. The van der Waals surface area contributed by atoms with Gasteiger partial charge in [-0.05, 0) is 104 Å². The fourth-order valence-corrected chi connectivity index (χ4v) is 8.23. The average molecular weight is 685 g/mol. The Bertz CT molecular complexity index is 1710. The highest BCUT2D eigenvalue weighted by Gasteiger charge is 2.44. The molecule has 7 heteroatoms. The van der Waals surface area contributed by atoms with Crippen molar-refractivity contribution in [3.05, 3.63) is 112 Å². The lowest BCUT2D eigenvalue weighted by atomic mass is 9.90. The van der Waals surface area contributed by atoms with Crippen LogP contribution in [0.1, 0.15) is 105 Å². The third kappa shape index (κ3) is 10.7. The number of thioether (sulfide) groups is 1. The monoisotopic (exact) mass is 684 g/mol. The number of pyridine rings is 1. The molecule has 1 atom stereocenters. The molecule has 0 amide bonds. The zero-order chi connectivity index (χ0) is 34.1. The van der Waals surface area contributed by atoms with E-state index in [2.05, 4.69) is 42.5 Å². The fourth-order valence-electron chi connectivity index (χ4n) is 6.49. The highest BCUT2D eigenvalue weighted by molar-refractivity contribution is 7.99. The molecule has 6 rings (SSSR count). The number of aliphatic carboxylic acids is 1. The molecule has 0 radical (unpaired) electrons. The summed E-state index contributed by atoms with van der Waals surface area (Å²) in [6.07, 6.45) is 14.7. The highest BCUT2D eigenvalue weighted by atomic mass is 35.5. The Morgan fingerprint density at radius 1 is 1.02 bits per heavy atom. The first kappa shape index (κ1) is 36.1. The van der Waals surface area contributed by atoms with Crippen molar-refractivity contribution in [3.63, 3.8) is 0 Å². The predicted molar refractivity (Wildman–Crippen MR) is 202 cm³/mol. The number of nitrogens with two attached hydrogens (primary N) is 1. The number of hydrogen-bond donors (Lipinski definition) is 3. The number of benzene rings is 3. The molecule has 0 saturated heterocycles. The normalized spacial score (nSPS) is 16.8. The summed E-state index contributed by atoms with van der Waals surface area (Å²) < 4.78 is 0. The number of nitrogens with zero attached hydrogens (tertiary/aromatic N) is 1. The van der Waals surface area contributed by atoms with Gasteiger partial charge in [-0.2, -0.15) is 11.8 Å². The minimum absolute atomic E-state index is 0.0814. The molecule has 2 fully saturated rings. The molecule has 3 aromatic carbocycles. The van der Waals surface area contributed by atoms with Crippen molar-refractivity contribution < 1.29 is 15.0 Å². The van der Waals surface area contributed by atoms with Gasteiger partial charge in [0.15, 0.2) is 0 Å². The Morgan fingerprint density at radius 3 is 2.46 bits per heavy atom. The smallest absolute Gasteiger partial charge is 0.303 e. The van der Waals surface area contributed by atoms with E-state index in [1.807, 2.05) is 74.1 Å². The van der Waals surface area contributed by atoms with Gasteiger partial charge in [0.1, 0.15) is 0 Å². The zero-order valence-corrected chi connectivity index (χ0v) is 29.8. The van der Waals surface area contributed by atoms with E-state index in [0.717, 1.165) is 64.7 Å². The van der Waals surface area contributed by atoms with E-state index < -0.39 is 11.6 Å². The van der Waals surface area contributed by atoms with Gasteiger partial charge in [0, 0.05) is 27.5 Å². The summed E-state index contributed by atoms with van der Waals surface area (Å²) in [5.41, 5.74) is 10.8. The molecule has 0 bridgehead atoms. The number of aliphatic hydroxyl groups is 1. The van der Waals surface area contributed by atoms with Gasteiger partial charge in [0.2, 0.25) is 0 Å². The second-order valence-corrected chi connectivity index (χ2v) is 15.7. The molecule has 2 saturated carbocycles. The summed E-state index contributed by atoms with van der Waals surface area (Å²) in [4.78, 5) is 16.2. The highest BCUT2D eigenvalue weighted by Crippen LogP contribution is 2.53. The molecular weight excluding hydrogens is 636 g/mol. The average Bonchev–Trinajstić information content (AvgIpc) is 3.82. The van der Waals surface area contributed by atoms with Crippen LogP contribution >= 0.6 is 23.4 Å². The van der Waals surface area contributed by atoms with Crippen LogP contribution in [0.4, 0.5) is 0 Å². The van der Waals surface area contributed by atoms with Crippen LogP contribution in [-0.2, 0) is 16.8 Å². The van der Waals surface area contributed by atoms with Crippen LogP contribution < -0.4 is 5.73 Å². The van der Waals surface area contributed by atoms with E-state index in [1.165, 1.54) is 37.7 Å². The van der Waals surface area contributed by atoms with Gasteiger partial charge < -0.3 is 15.9 Å². The van der Waals surface area contributed by atoms with Crippen LogP contribution in [0.5, 0.6) is 0 Å². The van der Waals surface area contributed by atoms with Crippen LogP contribution in [0.15, 0.2) is 78.9 Å². The number of carboxylic acids is 1. The Morgan fingerprint density at radius 2 is 1.77 bits per heavy atom. The van der Waals surface area contributed by atoms with Gasteiger partial charge in [0.05, 0.1) is 23.2 Å². The van der Waals surface area contributed by atoms with Crippen LogP contribution in [0, 0.1) is 5.41 Å². The maximum Gasteiger partial charge on any atom is 0.303 e. The Kier molecular flexibility index (Phi) is 12.4. The summed E-state index contributed by atoms with van der Waals surface area (Å²) in [7, 11) is 0. The van der Waals surface area contributed by atoms with Crippen molar-refractivity contribution in [3.8, 4) is 0 Å². The second kappa shape index (κ2) is 16.5. The van der Waals surface area contributed by atoms with E-state index >= 15 is 0 Å². The molecule has 2 aliphatic rings. The quantitative estimate of drug-likeness (QED) is 0.137. The Balaban J connectivity index is 0.000000572. The van der Waals surface area contributed by atoms with Crippen LogP contribution in [0.25, 0.3) is 23.1 Å². The van der Waals surface area contributed by atoms with E-state index in [1.54, 1.807) is 0 Å². The Labute approximate surface area is 295 Å². The Hall–Kier alpha value is -3.16. The van der Waals surface area contributed by atoms with Gasteiger partial charge in [-0.15, -0.1) is 0 Å². The lowest BCUT2D eigenvalue weighted by Crippen LogP contribution is -2.22. The molecule has 0 aliphatic heterocycles. The van der Waals surface area contributed by atoms with Gasteiger partial charge in [-0.3, -0.25) is 4.79 Å². The van der Waals surface area contributed by atoms with Crippen molar-refractivity contribution >= 4 is 52.4 Å². The SMILES string of the molecule is CC(C)(O)c1ccccc1CCC(SCC1(CC(=O)O)CC1)c1cccc(/C=C/c2ccc3ccc(Cl)cc3n2)c1.NC1CCCCC1. The van der Waals surface area contributed by atoms with Crippen LogP contribution in [-0.4, -0.2) is 33.0 Å². The zero-order valence-electron chi connectivity index (χ0n) is 28.2. The first-order chi connectivity index (χ1) is 23.0. The van der Waals surface area contributed by atoms with Crippen molar-refractivity contribution in [1.82, 2.24) is 4.98 Å². The van der Waals surface area contributed by atoms with E-state index in [9.17, 15) is 15.0 Å². The number of carboxylic acid groups (broad SMARTS) is 1. The van der Waals surface area contributed by atoms with Crippen LogP contribution in [0.3, 0.4) is 0 Å². The first-order valence-corrected chi connectivity index (χ1v) is 18.7. The number of hydrogen-bond acceptors (Lipinski definition) is 5. The standard InChI is InChI=1S/C35H36ClNO3S.C6H13N/c1-34(2,40)30-9-4-3-7-25(30)13-17-32(41-23-35(18-19-35)22-33(38)39)27-8-5-6-24(20-27)10-15-29-16-12-26-11-14-28(36)21-31(26)37-29;7-6-4-2-1-3-5-6/h3-12,14-16,20-21,32,40H,13,17-19,22-23H2,1-2H3,(H,38,39);6H,1-5,7H2/b15-10+;. The number of halogens is 1. The van der Waals surface area contributed by atoms with Crippen LogP contribution in [0.2, 0.25) is 5.02 Å². The van der Waals surface area contributed by atoms with Crippen molar-refractivity contribution in [2.24, 2.45) is 11.1 Å². The van der Waals surface area contributed by atoms with Gasteiger partial charge in [0.25, 0.3) is 0 Å². The minimum atomic E-state index is -0.911. The summed E-state index contributed by atoms with van der Waals surface area (Å²) in [5.74, 6) is 0.122. The summed E-state index contributed by atoms with van der Waals surface area (Å²) in [6, 6.07) is 27.0. The van der Waals surface area contributed by atoms with Gasteiger partial charge >= 0.3 is 5.97 Å². The molecular formula is C41H49ClN2O3S. The lowest BCUT2D eigenvalue weighted by Gasteiger charge is -2.24. The predicted octanol–water partition coefficient (Wildman–Crippen LogP) is 10.2. The van der Waals surface area contributed by atoms with Gasteiger partial charge in [-0.25, -0.2) is 4.98 Å². The number of aryl methyl sites for hydroxylation is 1. The van der Waals surface area contributed by atoms with E-state index in [4.69, 9.17) is 22.3 Å².